The third-order valence-corrected chi connectivity index (χ3v) is 4.65. The molecular formula is C19H17N5O5. The lowest BCUT2D eigenvalue weighted by atomic mass is 10.1. The summed E-state index contributed by atoms with van der Waals surface area (Å²) in [6, 6.07) is 5.60. The number of amides is 4. The van der Waals surface area contributed by atoms with Crippen LogP contribution >= 0.6 is 0 Å². The summed E-state index contributed by atoms with van der Waals surface area (Å²) in [5, 5.41) is 5.34. The molecule has 1 aliphatic heterocycles. The zero-order valence-corrected chi connectivity index (χ0v) is 15.4. The Labute approximate surface area is 164 Å². The fraction of sp³-hybridized carbons (Fsp3) is 0.211. The largest absolute Gasteiger partial charge is 0.497 e. The molecule has 1 atom stereocenters. The molecule has 0 saturated carbocycles. The van der Waals surface area contributed by atoms with E-state index in [1.165, 1.54) is 13.4 Å². The number of imide groups is 1. The van der Waals surface area contributed by atoms with Crippen molar-refractivity contribution >= 4 is 29.4 Å². The van der Waals surface area contributed by atoms with E-state index in [1.807, 2.05) is 11.4 Å². The molecule has 2 N–H and O–H groups in total. The first-order valence-corrected chi connectivity index (χ1v) is 8.75. The number of fused-ring (bicyclic) bond motifs is 2. The van der Waals surface area contributed by atoms with E-state index in [9.17, 15) is 14.4 Å². The van der Waals surface area contributed by atoms with Gasteiger partial charge in [-0.25, -0.2) is 14.8 Å². The van der Waals surface area contributed by atoms with Crippen LogP contribution in [0.3, 0.4) is 0 Å². The molecule has 1 aliphatic rings. The van der Waals surface area contributed by atoms with E-state index in [0.717, 1.165) is 5.56 Å². The summed E-state index contributed by atoms with van der Waals surface area (Å²) in [4.78, 5) is 45.0. The first kappa shape index (κ1) is 18.4. The molecule has 3 heterocycles. The van der Waals surface area contributed by atoms with Crippen molar-refractivity contribution in [2.75, 3.05) is 13.7 Å². The van der Waals surface area contributed by atoms with Gasteiger partial charge in [-0.05, 0) is 23.8 Å². The third kappa shape index (κ3) is 3.59. The highest BCUT2D eigenvalue weighted by molar-refractivity contribution is 5.98. The lowest BCUT2D eigenvalue weighted by Gasteiger charge is -2.23. The fourth-order valence-corrected chi connectivity index (χ4v) is 3.27. The summed E-state index contributed by atoms with van der Waals surface area (Å²) in [7, 11) is 1.54. The Bertz CT molecular complexity index is 1060. The van der Waals surface area contributed by atoms with E-state index in [0.29, 0.717) is 34.7 Å². The molecule has 0 radical (unpaired) electrons. The SMILES string of the molecule is COc1ccc2c(c1)C(=O)N(C[C@H](NC(=O)NC=O)c1cc3cncnc3o1)C2. The molecule has 4 amide bonds. The number of urea groups is 1. The Morgan fingerprint density at radius 3 is 3.03 bits per heavy atom. The Morgan fingerprint density at radius 2 is 2.28 bits per heavy atom. The van der Waals surface area contributed by atoms with Gasteiger partial charge >= 0.3 is 6.03 Å². The molecule has 0 saturated heterocycles. The summed E-state index contributed by atoms with van der Waals surface area (Å²) in [5.74, 6) is 0.801. The number of hydrogen-bond acceptors (Lipinski definition) is 7. The first-order chi connectivity index (χ1) is 14.1. The van der Waals surface area contributed by atoms with Gasteiger partial charge < -0.3 is 19.4 Å². The molecule has 148 valence electrons. The van der Waals surface area contributed by atoms with Gasteiger partial charge in [0.25, 0.3) is 5.91 Å². The minimum Gasteiger partial charge on any atom is -0.497 e. The highest BCUT2D eigenvalue weighted by Gasteiger charge is 2.31. The van der Waals surface area contributed by atoms with Crippen LogP contribution in [0, 0.1) is 0 Å². The zero-order valence-electron chi connectivity index (χ0n) is 15.4. The van der Waals surface area contributed by atoms with E-state index in [2.05, 4.69) is 15.3 Å². The van der Waals surface area contributed by atoms with Crippen LogP contribution in [0.4, 0.5) is 4.79 Å². The van der Waals surface area contributed by atoms with Crippen LogP contribution in [-0.2, 0) is 11.3 Å². The second-order valence-corrected chi connectivity index (χ2v) is 6.43. The number of methoxy groups -OCH3 is 1. The topological polar surface area (TPSA) is 127 Å². The lowest BCUT2D eigenvalue weighted by molar-refractivity contribution is -0.108. The molecule has 0 fully saturated rings. The summed E-state index contributed by atoms with van der Waals surface area (Å²) >= 11 is 0. The predicted octanol–water partition coefficient (Wildman–Crippen LogP) is 1.38. The summed E-state index contributed by atoms with van der Waals surface area (Å²) in [6.07, 6.45) is 3.21. The molecule has 4 rings (SSSR count). The van der Waals surface area contributed by atoms with Crippen molar-refractivity contribution in [3.63, 3.8) is 0 Å². The van der Waals surface area contributed by atoms with Gasteiger partial charge in [0.15, 0.2) is 0 Å². The number of rotatable bonds is 6. The molecule has 2 aromatic heterocycles. The molecule has 0 bridgehead atoms. The summed E-state index contributed by atoms with van der Waals surface area (Å²) in [6.45, 7) is 0.515. The quantitative estimate of drug-likeness (QED) is 0.604. The maximum absolute atomic E-state index is 12.8. The number of nitrogens with one attached hydrogen (secondary N) is 2. The van der Waals surface area contributed by atoms with Crippen molar-refractivity contribution < 1.29 is 23.5 Å². The van der Waals surface area contributed by atoms with Crippen molar-refractivity contribution in [2.45, 2.75) is 12.6 Å². The molecule has 10 heteroatoms. The number of nitrogens with zero attached hydrogens (tertiary/aromatic N) is 3. The van der Waals surface area contributed by atoms with Crippen molar-refractivity contribution in [2.24, 2.45) is 0 Å². The minimum atomic E-state index is -0.706. The van der Waals surface area contributed by atoms with Crippen molar-refractivity contribution in [1.82, 2.24) is 25.5 Å². The number of aromatic nitrogens is 2. The van der Waals surface area contributed by atoms with Crippen molar-refractivity contribution in [1.29, 1.82) is 0 Å². The normalized spacial score (nSPS) is 13.8. The van der Waals surface area contributed by atoms with Gasteiger partial charge in [0, 0.05) is 24.8 Å². The molecular weight excluding hydrogens is 378 g/mol. The van der Waals surface area contributed by atoms with Gasteiger partial charge in [-0.3, -0.25) is 14.9 Å². The standard InChI is InChI=1S/C19H17N5O5/c1-28-13-3-2-11-7-24(18(26)14(11)5-13)8-15(23-19(27)22-10-25)16-4-12-6-20-9-21-17(12)29-16/h2-6,9-10,15H,7-8H2,1H3,(H2,22,23,25,27)/t15-/m0/s1. The molecule has 29 heavy (non-hydrogen) atoms. The van der Waals surface area contributed by atoms with Gasteiger partial charge in [0.2, 0.25) is 12.1 Å². The number of carbonyl (C=O) groups excluding carboxylic acids is 3. The van der Waals surface area contributed by atoms with Gasteiger partial charge in [0.1, 0.15) is 23.9 Å². The van der Waals surface area contributed by atoms with Crippen LogP contribution in [0.2, 0.25) is 0 Å². The first-order valence-electron chi connectivity index (χ1n) is 8.75. The average Bonchev–Trinajstić information content (AvgIpc) is 3.29. The molecule has 10 nitrogen and oxygen atoms in total. The van der Waals surface area contributed by atoms with E-state index in [1.54, 1.807) is 29.3 Å². The number of furan rings is 1. The molecule has 1 aromatic carbocycles. The smallest absolute Gasteiger partial charge is 0.321 e. The van der Waals surface area contributed by atoms with Gasteiger partial charge in [-0.2, -0.15) is 0 Å². The van der Waals surface area contributed by atoms with E-state index < -0.39 is 12.1 Å². The Balaban J connectivity index is 1.61. The molecule has 0 unspecified atom stereocenters. The molecule has 3 aromatic rings. The number of hydrogen-bond donors (Lipinski definition) is 2. The van der Waals surface area contributed by atoms with Gasteiger partial charge in [-0.1, -0.05) is 6.07 Å². The maximum Gasteiger partial charge on any atom is 0.321 e. The summed E-state index contributed by atoms with van der Waals surface area (Å²) in [5.41, 5.74) is 1.77. The van der Waals surface area contributed by atoms with E-state index in [-0.39, 0.29) is 18.9 Å². The lowest BCUT2D eigenvalue weighted by Crippen LogP contribution is -2.42. The monoisotopic (exact) mass is 395 g/mol. The fourth-order valence-electron chi connectivity index (χ4n) is 3.27. The average molecular weight is 395 g/mol. The van der Waals surface area contributed by atoms with Crippen LogP contribution in [0.15, 0.2) is 41.2 Å². The second kappa shape index (κ2) is 7.58. The molecule has 0 aliphatic carbocycles. The van der Waals surface area contributed by atoms with Crippen LogP contribution in [0.25, 0.3) is 11.1 Å². The van der Waals surface area contributed by atoms with Crippen molar-refractivity contribution in [3.05, 3.63) is 53.7 Å². The predicted molar refractivity (Wildman–Crippen MR) is 100 cm³/mol. The highest BCUT2D eigenvalue weighted by Crippen LogP contribution is 2.29. The van der Waals surface area contributed by atoms with Gasteiger partial charge in [0.05, 0.1) is 12.5 Å². The minimum absolute atomic E-state index is 0.134. The van der Waals surface area contributed by atoms with E-state index >= 15 is 0 Å². The Hall–Kier alpha value is -3.95. The maximum atomic E-state index is 12.8. The van der Waals surface area contributed by atoms with E-state index in [4.69, 9.17) is 9.15 Å². The van der Waals surface area contributed by atoms with Crippen LogP contribution in [-0.4, -0.2) is 46.9 Å². The Kier molecular flexibility index (Phi) is 4.82. The second-order valence-electron chi connectivity index (χ2n) is 6.43. The third-order valence-electron chi connectivity index (χ3n) is 4.65. The van der Waals surface area contributed by atoms with Crippen LogP contribution < -0.4 is 15.4 Å². The highest BCUT2D eigenvalue weighted by atomic mass is 16.5. The van der Waals surface area contributed by atoms with Crippen molar-refractivity contribution in [3.8, 4) is 5.75 Å². The number of benzene rings is 1. The summed E-state index contributed by atoms with van der Waals surface area (Å²) < 4.78 is 10.9. The zero-order chi connectivity index (χ0) is 20.4. The molecule has 0 spiro atoms. The Morgan fingerprint density at radius 1 is 1.41 bits per heavy atom. The van der Waals surface area contributed by atoms with Crippen LogP contribution in [0.1, 0.15) is 27.7 Å². The van der Waals surface area contributed by atoms with Gasteiger partial charge in [-0.15, -0.1) is 0 Å². The number of ether oxygens (including phenoxy) is 1. The number of carbonyl (C=O) groups is 3. The van der Waals surface area contributed by atoms with Crippen LogP contribution in [0.5, 0.6) is 5.75 Å².